The standard InChI is InChI=1S/C14H22N2O/c1-10-5-6-13(12(3)11(10)2)9-16-14(17)7-8-15-4/h5-6,15H,7-9H2,1-4H3,(H,16,17). The van der Waals surface area contributed by atoms with Crippen molar-refractivity contribution in [1.82, 2.24) is 10.6 Å². The Bertz CT molecular complexity index is 399. The quantitative estimate of drug-likeness (QED) is 0.816. The Morgan fingerprint density at radius 2 is 1.88 bits per heavy atom. The molecule has 94 valence electrons. The molecule has 0 aliphatic heterocycles. The molecule has 0 fully saturated rings. The van der Waals surface area contributed by atoms with Crippen molar-refractivity contribution in [3.8, 4) is 0 Å². The number of amides is 1. The van der Waals surface area contributed by atoms with Crippen LogP contribution in [0.3, 0.4) is 0 Å². The zero-order valence-corrected chi connectivity index (χ0v) is 11.2. The van der Waals surface area contributed by atoms with E-state index < -0.39 is 0 Å². The predicted molar refractivity (Wildman–Crippen MR) is 71.0 cm³/mol. The van der Waals surface area contributed by atoms with E-state index in [4.69, 9.17) is 0 Å². The Labute approximate surface area is 104 Å². The topological polar surface area (TPSA) is 41.1 Å². The summed E-state index contributed by atoms with van der Waals surface area (Å²) in [4.78, 5) is 11.5. The number of aryl methyl sites for hydroxylation is 1. The van der Waals surface area contributed by atoms with Crippen LogP contribution in [0.5, 0.6) is 0 Å². The van der Waals surface area contributed by atoms with Gasteiger partial charge in [0.15, 0.2) is 0 Å². The second-order valence-corrected chi connectivity index (χ2v) is 4.42. The fourth-order valence-electron chi connectivity index (χ4n) is 1.72. The molecule has 1 amide bonds. The van der Waals surface area contributed by atoms with Crippen molar-refractivity contribution in [3.63, 3.8) is 0 Å². The highest BCUT2D eigenvalue weighted by Crippen LogP contribution is 2.16. The molecule has 0 bridgehead atoms. The first-order chi connectivity index (χ1) is 8.06. The summed E-state index contributed by atoms with van der Waals surface area (Å²) in [6.07, 6.45) is 0.528. The molecule has 0 radical (unpaired) electrons. The smallest absolute Gasteiger partial charge is 0.221 e. The van der Waals surface area contributed by atoms with Gasteiger partial charge in [0.2, 0.25) is 5.91 Å². The molecule has 1 aromatic carbocycles. The van der Waals surface area contributed by atoms with Crippen molar-refractivity contribution in [1.29, 1.82) is 0 Å². The van der Waals surface area contributed by atoms with Gasteiger partial charge in [-0.05, 0) is 50.1 Å². The van der Waals surface area contributed by atoms with E-state index in [1.165, 1.54) is 22.3 Å². The molecule has 1 rings (SSSR count). The fraction of sp³-hybridized carbons (Fsp3) is 0.500. The minimum absolute atomic E-state index is 0.0944. The second-order valence-electron chi connectivity index (χ2n) is 4.42. The van der Waals surface area contributed by atoms with Crippen LogP contribution < -0.4 is 10.6 Å². The molecule has 2 N–H and O–H groups in total. The lowest BCUT2D eigenvalue weighted by Gasteiger charge is -2.12. The SMILES string of the molecule is CNCCC(=O)NCc1ccc(C)c(C)c1C. The van der Waals surface area contributed by atoms with Crippen LogP contribution in [-0.2, 0) is 11.3 Å². The molecule has 0 saturated carbocycles. The average Bonchev–Trinajstić information content (AvgIpc) is 2.32. The molecule has 0 aliphatic rings. The van der Waals surface area contributed by atoms with Crippen LogP contribution in [0.25, 0.3) is 0 Å². The van der Waals surface area contributed by atoms with Crippen LogP contribution in [-0.4, -0.2) is 19.5 Å². The van der Waals surface area contributed by atoms with Crippen molar-refractivity contribution >= 4 is 5.91 Å². The van der Waals surface area contributed by atoms with Gasteiger partial charge in [0.1, 0.15) is 0 Å². The summed E-state index contributed by atoms with van der Waals surface area (Å²) in [7, 11) is 1.85. The number of carbonyl (C=O) groups is 1. The van der Waals surface area contributed by atoms with Gasteiger partial charge in [0.05, 0.1) is 0 Å². The van der Waals surface area contributed by atoms with Gasteiger partial charge >= 0.3 is 0 Å². The minimum atomic E-state index is 0.0944. The van der Waals surface area contributed by atoms with Crippen LogP contribution in [0.2, 0.25) is 0 Å². The maximum Gasteiger partial charge on any atom is 0.221 e. The van der Waals surface area contributed by atoms with Gasteiger partial charge in [-0.1, -0.05) is 12.1 Å². The van der Waals surface area contributed by atoms with E-state index in [9.17, 15) is 4.79 Å². The molecule has 0 atom stereocenters. The highest BCUT2D eigenvalue weighted by Gasteiger charge is 2.05. The summed E-state index contributed by atoms with van der Waals surface area (Å²) in [6.45, 7) is 7.68. The Morgan fingerprint density at radius 1 is 1.18 bits per heavy atom. The Hall–Kier alpha value is -1.35. The van der Waals surface area contributed by atoms with Gasteiger partial charge in [0.25, 0.3) is 0 Å². The average molecular weight is 234 g/mol. The zero-order chi connectivity index (χ0) is 12.8. The number of benzene rings is 1. The summed E-state index contributed by atoms with van der Waals surface area (Å²) in [5.41, 5.74) is 5.09. The minimum Gasteiger partial charge on any atom is -0.352 e. The number of carbonyl (C=O) groups excluding carboxylic acids is 1. The molecule has 0 saturated heterocycles. The summed E-state index contributed by atoms with van der Waals surface area (Å²) in [6, 6.07) is 4.20. The van der Waals surface area contributed by atoms with Gasteiger partial charge in [-0.15, -0.1) is 0 Å². The van der Waals surface area contributed by atoms with Crippen LogP contribution in [0.15, 0.2) is 12.1 Å². The maximum atomic E-state index is 11.5. The molecule has 0 aliphatic carbocycles. The number of rotatable bonds is 5. The molecular formula is C14H22N2O. The van der Waals surface area contributed by atoms with Crippen molar-refractivity contribution in [2.45, 2.75) is 33.7 Å². The summed E-state index contributed by atoms with van der Waals surface area (Å²) in [5, 5.41) is 5.91. The molecule has 1 aromatic rings. The van der Waals surface area contributed by atoms with Crippen LogP contribution in [0.4, 0.5) is 0 Å². The fourth-order valence-corrected chi connectivity index (χ4v) is 1.72. The second kappa shape index (κ2) is 6.40. The van der Waals surface area contributed by atoms with Gasteiger partial charge in [0, 0.05) is 19.5 Å². The molecule has 0 unspecified atom stereocenters. The Morgan fingerprint density at radius 3 is 2.53 bits per heavy atom. The molecule has 17 heavy (non-hydrogen) atoms. The third-order valence-corrected chi connectivity index (χ3v) is 3.25. The van der Waals surface area contributed by atoms with E-state index in [0.29, 0.717) is 13.0 Å². The molecule has 0 spiro atoms. The molecular weight excluding hydrogens is 212 g/mol. The van der Waals surface area contributed by atoms with E-state index in [0.717, 1.165) is 6.54 Å². The summed E-state index contributed by atoms with van der Waals surface area (Å²) < 4.78 is 0. The van der Waals surface area contributed by atoms with E-state index in [-0.39, 0.29) is 5.91 Å². The van der Waals surface area contributed by atoms with E-state index >= 15 is 0 Å². The normalized spacial score (nSPS) is 10.4. The van der Waals surface area contributed by atoms with Gasteiger partial charge in [-0.3, -0.25) is 4.79 Å². The largest absolute Gasteiger partial charge is 0.352 e. The summed E-state index contributed by atoms with van der Waals surface area (Å²) in [5.74, 6) is 0.0944. The highest BCUT2D eigenvalue weighted by molar-refractivity contribution is 5.76. The van der Waals surface area contributed by atoms with Crippen molar-refractivity contribution in [3.05, 3.63) is 34.4 Å². The maximum absolute atomic E-state index is 11.5. The lowest BCUT2D eigenvalue weighted by molar-refractivity contribution is -0.121. The van der Waals surface area contributed by atoms with E-state index in [1.54, 1.807) is 0 Å². The van der Waals surface area contributed by atoms with Crippen molar-refractivity contribution in [2.75, 3.05) is 13.6 Å². The van der Waals surface area contributed by atoms with Gasteiger partial charge in [-0.2, -0.15) is 0 Å². The van der Waals surface area contributed by atoms with Gasteiger partial charge in [-0.25, -0.2) is 0 Å². The lowest BCUT2D eigenvalue weighted by atomic mass is 9.99. The van der Waals surface area contributed by atoms with Crippen molar-refractivity contribution in [2.24, 2.45) is 0 Å². The highest BCUT2D eigenvalue weighted by atomic mass is 16.1. The van der Waals surface area contributed by atoms with E-state index in [1.807, 2.05) is 7.05 Å². The molecule has 0 heterocycles. The zero-order valence-electron chi connectivity index (χ0n) is 11.2. The third kappa shape index (κ3) is 3.86. The first-order valence-corrected chi connectivity index (χ1v) is 6.03. The molecule has 3 heteroatoms. The predicted octanol–water partition coefficient (Wildman–Crippen LogP) is 1.84. The molecule has 0 aromatic heterocycles. The van der Waals surface area contributed by atoms with Crippen LogP contribution >= 0.6 is 0 Å². The third-order valence-electron chi connectivity index (χ3n) is 3.25. The van der Waals surface area contributed by atoms with Crippen molar-refractivity contribution < 1.29 is 4.79 Å². The van der Waals surface area contributed by atoms with Crippen LogP contribution in [0, 0.1) is 20.8 Å². The Balaban J connectivity index is 2.58. The van der Waals surface area contributed by atoms with E-state index in [2.05, 4.69) is 43.5 Å². The number of hydrogen-bond acceptors (Lipinski definition) is 2. The lowest BCUT2D eigenvalue weighted by Crippen LogP contribution is -2.26. The number of nitrogens with one attached hydrogen (secondary N) is 2. The first kappa shape index (κ1) is 13.7. The van der Waals surface area contributed by atoms with Crippen LogP contribution in [0.1, 0.15) is 28.7 Å². The Kier molecular flexibility index (Phi) is 5.16. The summed E-state index contributed by atoms with van der Waals surface area (Å²) >= 11 is 0. The number of hydrogen-bond donors (Lipinski definition) is 2. The molecule has 3 nitrogen and oxygen atoms in total. The van der Waals surface area contributed by atoms with Gasteiger partial charge < -0.3 is 10.6 Å². The first-order valence-electron chi connectivity index (χ1n) is 6.03. The monoisotopic (exact) mass is 234 g/mol.